The van der Waals surface area contributed by atoms with E-state index < -0.39 is 0 Å². The standard InChI is InChI=1S/C4H11NOSi/c1-2-4(3-7)5-6/h6H,2-3H2,1,7H3. The third-order valence-corrected chi connectivity index (χ3v) is 1.77. The number of hydrogen-bond donors (Lipinski definition) is 1. The molecule has 0 heterocycles. The predicted octanol–water partition coefficient (Wildman–Crippen LogP) is 0.0103. The van der Waals surface area contributed by atoms with Crippen LogP contribution in [0, 0.1) is 0 Å². The van der Waals surface area contributed by atoms with E-state index in [0.29, 0.717) is 0 Å². The summed E-state index contributed by atoms with van der Waals surface area (Å²) in [6.07, 6.45) is 0.889. The average Bonchev–Trinajstić information content (AvgIpc) is 1.72. The third kappa shape index (κ3) is 2.39. The summed E-state index contributed by atoms with van der Waals surface area (Å²) in [5.41, 5.74) is 0.923. The van der Waals surface area contributed by atoms with Gasteiger partial charge in [-0.05, 0) is 12.5 Å². The fourth-order valence-corrected chi connectivity index (χ4v) is 1.03. The smallest absolute Gasteiger partial charge is 0.0532 e. The number of oxime groups is 1. The van der Waals surface area contributed by atoms with E-state index in [-0.39, 0.29) is 0 Å². The molecule has 2 nitrogen and oxygen atoms in total. The first-order valence-corrected chi connectivity index (χ1v) is 3.96. The molecule has 0 atom stereocenters. The summed E-state index contributed by atoms with van der Waals surface area (Å²) in [4.78, 5) is 0. The van der Waals surface area contributed by atoms with E-state index in [1.165, 1.54) is 0 Å². The minimum atomic E-state index is 0.889. The molecule has 0 aliphatic rings. The Morgan fingerprint density at radius 1 is 1.86 bits per heavy atom. The van der Waals surface area contributed by atoms with E-state index in [9.17, 15) is 0 Å². The van der Waals surface area contributed by atoms with Crippen LogP contribution in [0.4, 0.5) is 0 Å². The van der Waals surface area contributed by atoms with Gasteiger partial charge < -0.3 is 5.21 Å². The van der Waals surface area contributed by atoms with Gasteiger partial charge in [-0.1, -0.05) is 12.1 Å². The Morgan fingerprint density at radius 3 is 2.43 bits per heavy atom. The van der Waals surface area contributed by atoms with Crippen LogP contribution in [-0.4, -0.2) is 21.2 Å². The fourth-order valence-electron chi connectivity index (χ4n) is 0.391. The monoisotopic (exact) mass is 117 g/mol. The lowest BCUT2D eigenvalue weighted by Crippen LogP contribution is -1.92. The van der Waals surface area contributed by atoms with Crippen molar-refractivity contribution in [3.63, 3.8) is 0 Å². The van der Waals surface area contributed by atoms with E-state index in [0.717, 1.165) is 28.4 Å². The zero-order valence-corrected chi connectivity index (χ0v) is 6.81. The molecule has 0 bridgehead atoms. The maximum atomic E-state index is 8.14. The van der Waals surface area contributed by atoms with Crippen molar-refractivity contribution < 1.29 is 5.21 Å². The van der Waals surface area contributed by atoms with Gasteiger partial charge in [0.05, 0.1) is 5.71 Å². The lowest BCUT2D eigenvalue weighted by Gasteiger charge is -1.89. The molecule has 0 spiro atoms. The highest BCUT2D eigenvalue weighted by atomic mass is 28.1. The largest absolute Gasteiger partial charge is 0.411 e. The van der Waals surface area contributed by atoms with Gasteiger partial charge in [0.15, 0.2) is 0 Å². The molecule has 0 saturated carbocycles. The van der Waals surface area contributed by atoms with Crippen LogP contribution in [-0.2, 0) is 0 Å². The van der Waals surface area contributed by atoms with Crippen molar-refractivity contribution in [1.29, 1.82) is 0 Å². The van der Waals surface area contributed by atoms with Gasteiger partial charge in [-0.2, -0.15) is 0 Å². The van der Waals surface area contributed by atoms with Crippen molar-refractivity contribution in [3.05, 3.63) is 0 Å². The van der Waals surface area contributed by atoms with Gasteiger partial charge in [0.1, 0.15) is 0 Å². The Balaban J connectivity index is 3.38. The van der Waals surface area contributed by atoms with Crippen LogP contribution in [0.5, 0.6) is 0 Å². The molecular formula is C4H11NOSi. The molecule has 0 aromatic carbocycles. The second-order valence-corrected chi connectivity index (χ2v) is 2.08. The lowest BCUT2D eigenvalue weighted by molar-refractivity contribution is 0.317. The average molecular weight is 117 g/mol. The molecule has 3 heteroatoms. The van der Waals surface area contributed by atoms with Crippen molar-refractivity contribution in [1.82, 2.24) is 0 Å². The topological polar surface area (TPSA) is 32.6 Å². The zero-order valence-electron chi connectivity index (χ0n) is 4.81. The van der Waals surface area contributed by atoms with Crippen molar-refractivity contribution in [2.24, 2.45) is 5.16 Å². The van der Waals surface area contributed by atoms with E-state index in [1.54, 1.807) is 0 Å². The molecule has 0 aromatic rings. The summed E-state index contributed by atoms with van der Waals surface area (Å²) in [7, 11) is 1.10. The Labute approximate surface area is 46.6 Å². The van der Waals surface area contributed by atoms with E-state index in [4.69, 9.17) is 5.21 Å². The Hall–Kier alpha value is -0.313. The molecule has 0 aliphatic carbocycles. The van der Waals surface area contributed by atoms with Gasteiger partial charge in [0.2, 0.25) is 0 Å². The van der Waals surface area contributed by atoms with Crippen molar-refractivity contribution in [3.8, 4) is 0 Å². The maximum absolute atomic E-state index is 8.14. The molecule has 0 fully saturated rings. The SMILES string of the molecule is CCC(C[SiH3])=NO. The molecule has 0 saturated heterocycles. The molecule has 0 unspecified atom stereocenters. The van der Waals surface area contributed by atoms with E-state index in [2.05, 4.69) is 5.16 Å². The van der Waals surface area contributed by atoms with Crippen LogP contribution in [0.1, 0.15) is 13.3 Å². The highest BCUT2D eigenvalue weighted by Gasteiger charge is 1.86. The summed E-state index contributed by atoms with van der Waals surface area (Å²) < 4.78 is 0. The summed E-state index contributed by atoms with van der Waals surface area (Å²) in [6.45, 7) is 1.99. The second kappa shape index (κ2) is 3.86. The highest BCUT2D eigenvalue weighted by molar-refractivity contribution is 6.21. The molecule has 0 aromatic heterocycles. The summed E-state index contributed by atoms with van der Waals surface area (Å²) in [6, 6.07) is 0.993. The van der Waals surface area contributed by atoms with Crippen molar-refractivity contribution in [2.75, 3.05) is 0 Å². The van der Waals surface area contributed by atoms with Crippen LogP contribution < -0.4 is 0 Å². The van der Waals surface area contributed by atoms with Crippen molar-refractivity contribution in [2.45, 2.75) is 19.4 Å². The molecule has 7 heavy (non-hydrogen) atoms. The van der Waals surface area contributed by atoms with E-state index >= 15 is 0 Å². The Bertz CT molecular complexity index is 66.1. The van der Waals surface area contributed by atoms with Crippen LogP contribution >= 0.6 is 0 Å². The number of nitrogens with zero attached hydrogens (tertiary/aromatic N) is 1. The minimum absolute atomic E-state index is 0.889. The first-order chi connectivity index (χ1) is 3.35. The Morgan fingerprint density at radius 2 is 2.43 bits per heavy atom. The summed E-state index contributed by atoms with van der Waals surface area (Å²) in [5, 5.41) is 11.2. The lowest BCUT2D eigenvalue weighted by atomic mass is 10.3. The van der Waals surface area contributed by atoms with Crippen LogP contribution in [0.3, 0.4) is 0 Å². The van der Waals surface area contributed by atoms with Crippen LogP contribution in [0.25, 0.3) is 0 Å². The van der Waals surface area contributed by atoms with Gasteiger partial charge in [0, 0.05) is 10.2 Å². The molecular weight excluding hydrogens is 106 g/mol. The van der Waals surface area contributed by atoms with Gasteiger partial charge in [0.25, 0.3) is 0 Å². The second-order valence-electron chi connectivity index (χ2n) is 1.37. The maximum Gasteiger partial charge on any atom is 0.0532 e. The molecule has 0 aliphatic heterocycles. The molecule has 0 amide bonds. The normalized spacial score (nSPS) is 12.4. The fraction of sp³-hybridized carbons (Fsp3) is 0.750. The molecule has 0 rings (SSSR count). The first kappa shape index (κ1) is 6.69. The molecule has 0 radical (unpaired) electrons. The first-order valence-electron chi connectivity index (χ1n) is 2.54. The van der Waals surface area contributed by atoms with Crippen LogP contribution in [0.2, 0.25) is 6.04 Å². The summed E-state index contributed by atoms with van der Waals surface area (Å²) >= 11 is 0. The van der Waals surface area contributed by atoms with Gasteiger partial charge in [-0.15, -0.1) is 0 Å². The van der Waals surface area contributed by atoms with Gasteiger partial charge in [-0.25, -0.2) is 0 Å². The number of hydrogen-bond acceptors (Lipinski definition) is 2. The quantitative estimate of drug-likeness (QED) is 0.235. The van der Waals surface area contributed by atoms with Crippen molar-refractivity contribution >= 4 is 16.0 Å². The van der Waals surface area contributed by atoms with E-state index in [1.807, 2.05) is 6.92 Å². The highest BCUT2D eigenvalue weighted by Crippen LogP contribution is 1.86. The zero-order chi connectivity index (χ0) is 5.70. The predicted molar refractivity (Wildman–Crippen MR) is 34.3 cm³/mol. The van der Waals surface area contributed by atoms with Gasteiger partial charge >= 0.3 is 0 Å². The number of rotatable bonds is 2. The molecule has 42 valence electrons. The summed E-state index contributed by atoms with van der Waals surface area (Å²) in [5.74, 6) is 0. The van der Waals surface area contributed by atoms with Crippen LogP contribution in [0.15, 0.2) is 5.16 Å². The minimum Gasteiger partial charge on any atom is -0.411 e. The third-order valence-electron chi connectivity index (χ3n) is 0.958. The van der Waals surface area contributed by atoms with Gasteiger partial charge in [-0.3, -0.25) is 0 Å². The Kier molecular flexibility index (Phi) is 3.69. The molecule has 1 N–H and O–H groups in total.